The second kappa shape index (κ2) is 4.54. The molecule has 1 N–H and O–H groups in total. The van der Waals surface area contributed by atoms with Gasteiger partial charge in [-0.2, -0.15) is 0 Å². The van der Waals surface area contributed by atoms with Crippen LogP contribution in [-0.4, -0.2) is 23.2 Å². The zero-order valence-corrected chi connectivity index (χ0v) is 12.1. The van der Waals surface area contributed by atoms with Crippen molar-refractivity contribution in [3.05, 3.63) is 23.9 Å². The fourth-order valence-electron chi connectivity index (χ4n) is 2.20. The van der Waals surface area contributed by atoms with Crippen molar-refractivity contribution in [3.8, 4) is 0 Å². The minimum Gasteiger partial charge on any atom is -0.376 e. The van der Waals surface area contributed by atoms with E-state index in [1.54, 1.807) is 0 Å². The third-order valence-corrected chi connectivity index (χ3v) is 3.93. The highest BCUT2D eigenvalue weighted by atomic mass is 16.5. The maximum Gasteiger partial charge on any atom is 0.126 e. The van der Waals surface area contributed by atoms with Gasteiger partial charge in [-0.3, -0.25) is 0 Å². The Morgan fingerprint density at radius 2 is 2.11 bits per heavy atom. The maximum atomic E-state index is 5.63. The van der Waals surface area contributed by atoms with E-state index in [2.05, 4.69) is 57.1 Å². The lowest BCUT2D eigenvalue weighted by Crippen LogP contribution is -2.41. The number of hydrogen-bond donors (Lipinski definition) is 1. The second-order valence-electron chi connectivity index (χ2n) is 6.49. The Morgan fingerprint density at radius 1 is 1.39 bits per heavy atom. The largest absolute Gasteiger partial charge is 0.376 e. The van der Waals surface area contributed by atoms with Crippen molar-refractivity contribution in [1.29, 1.82) is 0 Å². The average molecular weight is 248 g/mol. The van der Waals surface area contributed by atoms with E-state index >= 15 is 0 Å². The Bertz CT molecular complexity index is 407. The molecule has 1 aliphatic heterocycles. The summed E-state index contributed by atoms with van der Waals surface area (Å²) in [6.07, 6.45) is 3.21. The fourth-order valence-corrected chi connectivity index (χ4v) is 2.20. The van der Waals surface area contributed by atoms with E-state index < -0.39 is 0 Å². The molecule has 2 heterocycles. The number of nitrogens with zero attached hydrogens (tertiary/aromatic N) is 1. The first kappa shape index (κ1) is 13.3. The van der Waals surface area contributed by atoms with E-state index in [1.807, 2.05) is 6.20 Å². The molecule has 1 aromatic rings. The van der Waals surface area contributed by atoms with Crippen LogP contribution >= 0.6 is 0 Å². The first-order valence-corrected chi connectivity index (χ1v) is 6.68. The molecule has 2 atom stereocenters. The summed E-state index contributed by atoms with van der Waals surface area (Å²) >= 11 is 0. The van der Waals surface area contributed by atoms with Gasteiger partial charge >= 0.3 is 0 Å². The average Bonchev–Trinajstić information content (AvgIpc) is 2.58. The zero-order chi connectivity index (χ0) is 13.4. The third-order valence-electron chi connectivity index (χ3n) is 3.93. The van der Waals surface area contributed by atoms with Crippen LogP contribution in [0.1, 0.15) is 46.6 Å². The standard InChI is InChI=1S/C15H24N2O/c1-11-15(5,8-9-18-11)17-13-7-6-12(10-16-13)14(2,3)4/h6-7,10-11H,8-9H2,1-5H3,(H,16,17). The molecular formula is C15H24N2O. The van der Waals surface area contributed by atoms with E-state index in [1.165, 1.54) is 5.56 Å². The number of ether oxygens (including phenoxy) is 1. The van der Waals surface area contributed by atoms with Crippen LogP contribution in [0, 0.1) is 0 Å². The zero-order valence-electron chi connectivity index (χ0n) is 12.1. The van der Waals surface area contributed by atoms with Crippen LogP contribution in [0.4, 0.5) is 5.82 Å². The van der Waals surface area contributed by atoms with Gasteiger partial charge in [-0.25, -0.2) is 4.98 Å². The molecule has 18 heavy (non-hydrogen) atoms. The van der Waals surface area contributed by atoms with Gasteiger partial charge in [0.05, 0.1) is 11.6 Å². The van der Waals surface area contributed by atoms with E-state index in [0.29, 0.717) is 0 Å². The summed E-state index contributed by atoms with van der Waals surface area (Å²) in [5.41, 5.74) is 1.41. The van der Waals surface area contributed by atoms with Crippen molar-refractivity contribution in [2.75, 3.05) is 11.9 Å². The van der Waals surface area contributed by atoms with E-state index in [4.69, 9.17) is 4.74 Å². The molecular weight excluding hydrogens is 224 g/mol. The molecule has 3 nitrogen and oxygen atoms in total. The Labute approximate surface area is 110 Å². The molecule has 0 aromatic carbocycles. The summed E-state index contributed by atoms with van der Waals surface area (Å²) in [7, 11) is 0. The maximum absolute atomic E-state index is 5.63. The molecule has 1 fully saturated rings. The van der Waals surface area contributed by atoms with Crippen molar-refractivity contribution in [3.63, 3.8) is 0 Å². The van der Waals surface area contributed by atoms with Gasteiger partial charge in [0.15, 0.2) is 0 Å². The summed E-state index contributed by atoms with van der Waals surface area (Å²) in [6.45, 7) is 11.7. The van der Waals surface area contributed by atoms with E-state index in [9.17, 15) is 0 Å². The van der Waals surface area contributed by atoms with Gasteiger partial charge in [-0.05, 0) is 37.3 Å². The minimum atomic E-state index is -0.00372. The van der Waals surface area contributed by atoms with Gasteiger partial charge in [-0.15, -0.1) is 0 Å². The molecule has 1 aliphatic rings. The van der Waals surface area contributed by atoms with E-state index in [-0.39, 0.29) is 17.1 Å². The van der Waals surface area contributed by atoms with Crippen molar-refractivity contribution < 1.29 is 4.74 Å². The molecule has 0 amide bonds. The summed E-state index contributed by atoms with van der Waals surface area (Å²) in [5.74, 6) is 0.933. The number of rotatable bonds is 2. The first-order chi connectivity index (χ1) is 8.31. The Balaban J connectivity index is 2.11. The summed E-state index contributed by atoms with van der Waals surface area (Å²) in [4.78, 5) is 4.52. The molecule has 2 unspecified atom stereocenters. The number of anilines is 1. The molecule has 3 heteroatoms. The summed E-state index contributed by atoms with van der Waals surface area (Å²) < 4.78 is 5.63. The Morgan fingerprint density at radius 3 is 2.56 bits per heavy atom. The lowest BCUT2D eigenvalue weighted by Gasteiger charge is -2.29. The van der Waals surface area contributed by atoms with Gasteiger partial charge in [0, 0.05) is 12.8 Å². The quantitative estimate of drug-likeness (QED) is 0.871. The van der Waals surface area contributed by atoms with Gasteiger partial charge in [0.1, 0.15) is 5.82 Å². The third kappa shape index (κ3) is 2.66. The van der Waals surface area contributed by atoms with Gasteiger partial charge in [-0.1, -0.05) is 26.8 Å². The molecule has 1 aromatic heterocycles. The molecule has 0 bridgehead atoms. The van der Waals surface area contributed by atoms with Crippen LogP contribution in [0.15, 0.2) is 18.3 Å². The molecule has 100 valence electrons. The van der Waals surface area contributed by atoms with Crippen LogP contribution in [0.2, 0.25) is 0 Å². The molecule has 1 saturated heterocycles. The Kier molecular flexibility index (Phi) is 3.37. The van der Waals surface area contributed by atoms with Gasteiger partial charge in [0.25, 0.3) is 0 Å². The highest BCUT2D eigenvalue weighted by Crippen LogP contribution is 2.29. The predicted molar refractivity (Wildman–Crippen MR) is 75.0 cm³/mol. The normalized spacial score (nSPS) is 28.4. The topological polar surface area (TPSA) is 34.1 Å². The fraction of sp³-hybridized carbons (Fsp3) is 0.667. The van der Waals surface area contributed by atoms with Crippen LogP contribution in [0.25, 0.3) is 0 Å². The number of hydrogen-bond acceptors (Lipinski definition) is 3. The van der Waals surface area contributed by atoms with Crippen molar-refractivity contribution in [2.45, 2.75) is 58.1 Å². The SMILES string of the molecule is CC1OCCC1(C)Nc1ccc(C(C)(C)C)cn1. The van der Waals surface area contributed by atoms with Gasteiger partial charge < -0.3 is 10.1 Å². The molecule has 0 radical (unpaired) electrons. The predicted octanol–water partition coefficient (Wildman–Crippen LogP) is 3.36. The van der Waals surface area contributed by atoms with Crippen LogP contribution < -0.4 is 5.32 Å². The molecule has 0 aliphatic carbocycles. The summed E-state index contributed by atoms with van der Waals surface area (Å²) in [5, 5.41) is 3.51. The highest BCUT2D eigenvalue weighted by molar-refractivity contribution is 5.40. The van der Waals surface area contributed by atoms with Gasteiger partial charge in [0.2, 0.25) is 0 Å². The lowest BCUT2D eigenvalue weighted by atomic mass is 9.88. The minimum absolute atomic E-state index is 0.00372. The van der Waals surface area contributed by atoms with Crippen molar-refractivity contribution in [1.82, 2.24) is 4.98 Å². The first-order valence-electron chi connectivity index (χ1n) is 6.68. The van der Waals surface area contributed by atoms with Crippen molar-refractivity contribution >= 4 is 5.82 Å². The highest BCUT2D eigenvalue weighted by Gasteiger charge is 2.37. The number of aromatic nitrogens is 1. The second-order valence-corrected chi connectivity index (χ2v) is 6.49. The van der Waals surface area contributed by atoms with Crippen LogP contribution in [0.5, 0.6) is 0 Å². The molecule has 2 rings (SSSR count). The van der Waals surface area contributed by atoms with Crippen molar-refractivity contribution in [2.24, 2.45) is 0 Å². The smallest absolute Gasteiger partial charge is 0.126 e. The molecule has 0 spiro atoms. The number of pyridine rings is 1. The number of nitrogens with one attached hydrogen (secondary N) is 1. The van der Waals surface area contributed by atoms with Crippen LogP contribution in [0.3, 0.4) is 0 Å². The monoisotopic (exact) mass is 248 g/mol. The Hall–Kier alpha value is -1.09. The van der Waals surface area contributed by atoms with Crippen LogP contribution in [-0.2, 0) is 10.2 Å². The lowest BCUT2D eigenvalue weighted by molar-refractivity contribution is 0.105. The molecule has 0 saturated carbocycles. The summed E-state index contributed by atoms with van der Waals surface area (Å²) in [6, 6.07) is 4.22. The van der Waals surface area contributed by atoms with E-state index in [0.717, 1.165) is 18.8 Å².